The molecule has 0 aromatic heterocycles. The predicted molar refractivity (Wildman–Crippen MR) is 61.9 cm³/mol. The highest BCUT2D eigenvalue weighted by atomic mass is 16.7. The van der Waals surface area contributed by atoms with Crippen LogP contribution in [-0.4, -0.2) is 24.8 Å². The van der Waals surface area contributed by atoms with Crippen LogP contribution in [0.4, 0.5) is 0 Å². The third-order valence-electron chi connectivity index (χ3n) is 1.86. The van der Waals surface area contributed by atoms with Crippen molar-refractivity contribution < 1.29 is 28.9 Å². The number of hydrazine groups is 2. The minimum absolute atomic E-state index is 0.0444. The van der Waals surface area contributed by atoms with Crippen LogP contribution in [0.25, 0.3) is 0 Å². The maximum Gasteiger partial charge on any atom is 0.358 e. The van der Waals surface area contributed by atoms with Gasteiger partial charge in [-0.05, 0) is 18.2 Å². The fourth-order valence-electron chi connectivity index (χ4n) is 1.09. The fourth-order valence-corrected chi connectivity index (χ4v) is 1.09. The fraction of sp³-hybridized carbons (Fsp3) is 0. The normalized spacial score (nSPS) is 9.20. The lowest BCUT2D eigenvalue weighted by Crippen LogP contribution is -2.33. The molecule has 1 aromatic carbocycles. The Bertz CT molecular complexity index is 465. The van der Waals surface area contributed by atoms with E-state index in [9.17, 15) is 19.2 Å². The van der Waals surface area contributed by atoms with Gasteiger partial charge >= 0.3 is 11.9 Å². The van der Waals surface area contributed by atoms with Crippen LogP contribution >= 0.6 is 0 Å². The van der Waals surface area contributed by atoms with Gasteiger partial charge in [0.25, 0.3) is 0 Å². The zero-order chi connectivity index (χ0) is 14.8. The second-order valence-corrected chi connectivity index (χ2v) is 3.09. The molecule has 2 amide bonds. The molecule has 0 heterocycles. The highest BCUT2D eigenvalue weighted by Crippen LogP contribution is 2.07. The van der Waals surface area contributed by atoms with Crippen molar-refractivity contribution in [2.24, 2.45) is 0 Å². The largest absolute Gasteiger partial charge is 0.358 e. The Morgan fingerprint density at radius 2 is 1.35 bits per heavy atom. The lowest BCUT2D eigenvalue weighted by Gasteiger charge is -2.06. The molecule has 0 aliphatic carbocycles. The van der Waals surface area contributed by atoms with Crippen LogP contribution in [0.3, 0.4) is 0 Å². The summed E-state index contributed by atoms with van der Waals surface area (Å²) in [5.74, 6) is -1.65. The first-order valence-corrected chi connectivity index (χ1v) is 5.09. The van der Waals surface area contributed by atoms with Gasteiger partial charge in [0, 0.05) is 0 Å². The number of nitrogens with one attached hydrogen (secondary N) is 4. The summed E-state index contributed by atoms with van der Waals surface area (Å²) in [4.78, 5) is 51.7. The van der Waals surface area contributed by atoms with Gasteiger partial charge in [-0.3, -0.25) is 20.4 Å². The molecule has 0 spiro atoms. The van der Waals surface area contributed by atoms with E-state index >= 15 is 0 Å². The molecule has 0 fully saturated rings. The number of carbonyl (C=O) groups excluding carboxylic acids is 4. The summed E-state index contributed by atoms with van der Waals surface area (Å²) < 4.78 is 0. The Morgan fingerprint density at radius 3 is 1.75 bits per heavy atom. The summed E-state index contributed by atoms with van der Waals surface area (Å²) >= 11 is 0. The molecule has 10 nitrogen and oxygen atoms in total. The predicted octanol–water partition coefficient (Wildman–Crippen LogP) is -1.67. The van der Waals surface area contributed by atoms with Crippen LogP contribution in [0.1, 0.15) is 20.7 Å². The average molecular weight is 282 g/mol. The molecule has 0 saturated carbocycles. The molecular weight excluding hydrogens is 272 g/mol. The van der Waals surface area contributed by atoms with Crippen LogP contribution in [0.5, 0.6) is 0 Å². The van der Waals surface area contributed by atoms with Gasteiger partial charge in [0.15, 0.2) is 0 Å². The average Bonchev–Trinajstić information content (AvgIpc) is 2.47. The molecule has 0 aliphatic heterocycles. The first-order chi connectivity index (χ1) is 9.69. The zero-order valence-electron chi connectivity index (χ0n) is 9.91. The Balaban J connectivity index is 2.64. The summed E-state index contributed by atoms with van der Waals surface area (Å²) in [5.41, 5.74) is 7.65. The lowest BCUT2D eigenvalue weighted by atomic mass is 10.1. The van der Waals surface area contributed by atoms with Crippen molar-refractivity contribution in [2.45, 2.75) is 0 Å². The summed E-state index contributed by atoms with van der Waals surface area (Å²) in [6.45, 7) is 0. The first-order valence-electron chi connectivity index (χ1n) is 5.09. The molecule has 4 N–H and O–H groups in total. The highest BCUT2D eigenvalue weighted by molar-refractivity contribution is 5.95. The monoisotopic (exact) mass is 282 g/mol. The highest BCUT2D eigenvalue weighted by Gasteiger charge is 2.12. The van der Waals surface area contributed by atoms with Crippen molar-refractivity contribution in [3.05, 3.63) is 35.4 Å². The SMILES string of the molecule is O=CNNOC(=O)c1cccc(C(=O)ONNC=O)c1. The number of benzene rings is 1. The second-order valence-electron chi connectivity index (χ2n) is 3.09. The van der Waals surface area contributed by atoms with Crippen molar-refractivity contribution in [3.63, 3.8) is 0 Å². The van der Waals surface area contributed by atoms with Gasteiger partial charge in [-0.25, -0.2) is 9.59 Å². The number of amides is 2. The van der Waals surface area contributed by atoms with E-state index in [1.807, 2.05) is 22.0 Å². The molecule has 10 heteroatoms. The van der Waals surface area contributed by atoms with Gasteiger partial charge in [0.2, 0.25) is 12.8 Å². The molecular formula is C10H10N4O6. The van der Waals surface area contributed by atoms with E-state index in [0.29, 0.717) is 0 Å². The van der Waals surface area contributed by atoms with E-state index in [2.05, 4.69) is 9.68 Å². The number of carbonyl (C=O) groups is 4. The molecule has 0 unspecified atom stereocenters. The minimum Gasteiger partial charge on any atom is -0.346 e. The molecule has 106 valence electrons. The Hall–Kier alpha value is -2.98. The van der Waals surface area contributed by atoms with Crippen molar-refractivity contribution in [3.8, 4) is 0 Å². The Morgan fingerprint density at radius 1 is 0.900 bits per heavy atom. The summed E-state index contributed by atoms with van der Waals surface area (Å²) in [6.07, 6.45) is 0.541. The van der Waals surface area contributed by atoms with E-state index < -0.39 is 11.9 Å². The molecule has 20 heavy (non-hydrogen) atoms. The lowest BCUT2D eigenvalue weighted by molar-refractivity contribution is -0.114. The molecule has 0 radical (unpaired) electrons. The van der Waals surface area contributed by atoms with Crippen LogP contribution in [-0.2, 0) is 19.3 Å². The Labute approximate surface area is 112 Å². The van der Waals surface area contributed by atoms with Gasteiger partial charge < -0.3 is 9.68 Å². The maximum atomic E-state index is 11.5. The molecule has 0 atom stereocenters. The molecule has 0 saturated heterocycles. The summed E-state index contributed by atoms with van der Waals surface area (Å²) in [6, 6.07) is 5.40. The van der Waals surface area contributed by atoms with E-state index in [1.54, 1.807) is 0 Å². The van der Waals surface area contributed by atoms with Gasteiger partial charge in [0.1, 0.15) is 0 Å². The summed E-state index contributed by atoms with van der Waals surface area (Å²) in [5, 5.41) is 0. The van der Waals surface area contributed by atoms with E-state index in [4.69, 9.17) is 0 Å². The molecule has 0 aliphatic rings. The van der Waals surface area contributed by atoms with Crippen LogP contribution < -0.4 is 22.0 Å². The second kappa shape index (κ2) is 8.18. The van der Waals surface area contributed by atoms with E-state index in [1.165, 1.54) is 24.3 Å². The van der Waals surface area contributed by atoms with Gasteiger partial charge in [-0.1, -0.05) is 17.2 Å². The zero-order valence-corrected chi connectivity index (χ0v) is 9.91. The third kappa shape index (κ3) is 4.72. The van der Waals surface area contributed by atoms with Crippen LogP contribution in [0, 0.1) is 0 Å². The van der Waals surface area contributed by atoms with Crippen molar-refractivity contribution in [1.82, 2.24) is 22.0 Å². The number of hydrogen-bond acceptors (Lipinski definition) is 8. The standard InChI is InChI=1S/C10H10N4O6/c15-5-11-13-19-9(17)7-2-1-3-8(4-7)10(18)20-14-12-6-16/h1-6,13-14H,(H,11,15)(H,12,16). The first kappa shape index (κ1) is 15.1. The van der Waals surface area contributed by atoms with Crippen LogP contribution in [0.2, 0.25) is 0 Å². The van der Waals surface area contributed by atoms with Gasteiger partial charge in [0.05, 0.1) is 11.1 Å². The van der Waals surface area contributed by atoms with Crippen molar-refractivity contribution in [2.75, 3.05) is 0 Å². The molecule has 1 aromatic rings. The van der Waals surface area contributed by atoms with E-state index in [0.717, 1.165) is 0 Å². The van der Waals surface area contributed by atoms with Crippen molar-refractivity contribution >= 4 is 24.8 Å². The number of rotatable bonds is 8. The Kier molecular flexibility index (Phi) is 6.17. The quantitative estimate of drug-likeness (QED) is 0.252. The van der Waals surface area contributed by atoms with Gasteiger partial charge in [-0.2, -0.15) is 0 Å². The molecule has 0 bridgehead atoms. The third-order valence-corrected chi connectivity index (χ3v) is 1.86. The summed E-state index contributed by atoms with van der Waals surface area (Å²) in [7, 11) is 0. The molecule has 1 rings (SSSR count). The topological polar surface area (TPSA) is 135 Å². The van der Waals surface area contributed by atoms with Crippen LogP contribution in [0.15, 0.2) is 24.3 Å². The smallest absolute Gasteiger partial charge is 0.346 e. The van der Waals surface area contributed by atoms with Gasteiger partial charge in [-0.15, -0.1) is 0 Å². The minimum atomic E-state index is -0.826. The van der Waals surface area contributed by atoms with E-state index in [-0.39, 0.29) is 23.9 Å². The van der Waals surface area contributed by atoms with Crippen molar-refractivity contribution in [1.29, 1.82) is 0 Å². The maximum absolute atomic E-state index is 11.5. The number of hydrogen-bond donors (Lipinski definition) is 4.